The van der Waals surface area contributed by atoms with Crippen LogP contribution in [-0.4, -0.2) is 70.2 Å². The fourth-order valence-corrected chi connectivity index (χ4v) is 3.34. The fraction of sp³-hybridized carbons (Fsp3) is 0.421. The quantitative estimate of drug-likeness (QED) is 0.674. The topological polar surface area (TPSA) is 79.1 Å². The van der Waals surface area contributed by atoms with Crippen molar-refractivity contribution in [3.05, 3.63) is 41.9 Å². The lowest BCUT2D eigenvalue weighted by molar-refractivity contribution is 0.629. The second-order valence-corrected chi connectivity index (χ2v) is 7.17. The van der Waals surface area contributed by atoms with E-state index in [1.54, 1.807) is 0 Å². The van der Waals surface area contributed by atoms with Crippen molar-refractivity contribution in [1.82, 2.24) is 29.9 Å². The molecular formula is C19H25N9. The Bertz CT molecular complexity index is 940. The summed E-state index contributed by atoms with van der Waals surface area (Å²) >= 11 is 0. The first-order chi connectivity index (χ1) is 13.5. The first kappa shape index (κ1) is 18.1. The van der Waals surface area contributed by atoms with Crippen molar-refractivity contribution in [3.63, 3.8) is 0 Å². The van der Waals surface area contributed by atoms with Crippen molar-refractivity contribution in [2.24, 2.45) is 0 Å². The van der Waals surface area contributed by atoms with Gasteiger partial charge in [-0.2, -0.15) is 10.1 Å². The third kappa shape index (κ3) is 3.60. The molecule has 0 spiro atoms. The van der Waals surface area contributed by atoms with Crippen molar-refractivity contribution in [2.75, 3.05) is 55.0 Å². The predicted molar refractivity (Wildman–Crippen MR) is 109 cm³/mol. The summed E-state index contributed by atoms with van der Waals surface area (Å²) in [6.07, 6.45) is 1.81. The first-order valence-corrected chi connectivity index (χ1v) is 9.39. The minimum absolute atomic E-state index is 0.738. The maximum atomic E-state index is 4.63. The molecule has 9 heteroatoms. The minimum Gasteiger partial charge on any atom is -0.363 e. The molecule has 0 aliphatic carbocycles. The number of hydrogen-bond donors (Lipinski definition) is 0. The van der Waals surface area contributed by atoms with Crippen molar-refractivity contribution < 1.29 is 0 Å². The maximum Gasteiger partial charge on any atom is 0.227 e. The van der Waals surface area contributed by atoms with Crippen molar-refractivity contribution in [2.45, 2.75) is 13.8 Å². The van der Waals surface area contributed by atoms with Crippen molar-refractivity contribution in [3.8, 4) is 5.82 Å². The highest BCUT2D eigenvalue weighted by atomic mass is 15.4. The van der Waals surface area contributed by atoms with Gasteiger partial charge in [0.1, 0.15) is 5.82 Å². The van der Waals surface area contributed by atoms with E-state index in [-0.39, 0.29) is 0 Å². The van der Waals surface area contributed by atoms with Crippen LogP contribution in [0.15, 0.2) is 30.5 Å². The molecule has 1 fully saturated rings. The molecule has 0 atom stereocenters. The van der Waals surface area contributed by atoms with E-state index in [0.29, 0.717) is 0 Å². The number of anilines is 3. The summed E-state index contributed by atoms with van der Waals surface area (Å²) in [4.78, 5) is 15.5. The van der Waals surface area contributed by atoms with Crippen molar-refractivity contribution in [1.29, 1.82) is 0 Å². The molecule has 0 unspecified atom stereocenters. The van der Waals surface area contributed by atoms with Crippen LogP contribution in [0, 0.1) is 13.8 Å². The van der Waals surface area contributed by atoms with Crippen LogP contribution in [0.4, 0.5) is 17.6 Å². The van der Waals surface area contributed by atoms with Crippen LogP contribution in [0.3, 0.4) is 0 Å². The third-order valence-corrected chi connectivity index (χ3v) is 4.84. The fourth-order valence-electron chi connectivity index (χ4n) is 3.34. The molecule has 0 aromatic carbocycles. The second-order valence-electron chi connectivity index (χ2n) is 7.17. The zero-order chi connectivity index (χ0) is 19.7. The Hall–Kier alpha value is -3.23. The average molecular weight is 379 g/mol. The first-order valence-electron chi connectivity index (χ1n) is 9.39. The molecule has 3 aromatic heterocycles. The summed E-state index contributed by atoms with van der Waals surface area (Å²) < 4.78 is 1.82. The van der Waals surface area contributed by atoms with E-state index >= 15 is 0 Å². The van der Waals surface area contributed by atoms with E-state index in [1.807, 2.05) is 68.0 Å². The molecule has 28 heavy (non-hydrogen) atoms. The van der Waals surface area contributed by atoms with Gasteiger partial charge in [-0.15, -0.1) is 10.2 Å². The van der Waals surface area contributed by atoms with Gasteiger partial charge in [0.05, 0.1) is 5.69 Å². The van der Waals surface area contributed by atoms with E-state index in [4.69, 9.17) is 0 Å². The number of rotatable bonds is 4. The number of aryl methyl sites for hydroxylation is 2. The summed E-state index contributed by atoms with van der Waals surface area (Å²) in [6, 6.07) is 7.93. The lowest BCUT2D eigenvalue weighted by Crippen LogP contribution is -2.47. The summed E-state index contributed by atoms with van der Waals surface area (Å²) in [5.74, 6) is 3.31. The Morgan fingerprint density at radius 1 is 0.893 bits per heavy atom. The largest absolute Gasteiger partial charge is 0.363 e. The van der Waals surface area contributed by atoms with Gasteiger partial charge in [0.25, 0.3) is 0 Å². The van der Waals surface area contributed by atoms with Crippen LogP contribution in [0.5, 0.6) is 0 Å². The number of aromatic nitrogens is 6. The van der Waals surface area contributed by atoms with Gasteiger partial charge in [-0.3, -0.25) is 0 Å². The van der Waals surface area contributed by atoms with Crippen LogP contribution >= 0.6 is 0 Å². The highest BCUT2D eigenvalue weighted by Crippen LogP contribution is 2.18. The van der Waals surface area contributed by atoms with Gasteiger partial charge in [-0.25, -0.2) is 9.67 Å². The van der Waals surface area contributed by atoms with Gasteiger partial charge in [-0.05, 0) is 38.1 Å². The van der Waals surface area contributed by atoms with E-state index in [2.05, 4.69) is 35.1 Å². The lowest BCUT2D eigenvalue weighted by atomic mass is 10.3. The van der Waals surface area contributed by atoms with Gasteiger partial charge >= 0.3 is 0 Å². The molecule has 4 rings (SSSR count). The van der Waals surface area contributed by atoms with Crippen molar-refractivity contribution >= 4 is 17.6 Å². The van der Waals surface area contributed by atoms with Gasteiger partial charge in [0.2, 0.25) is 5.95 Å². The molecule has 1 aliphatic rings. The third-order valence-electron chi connectivity index (χ3n) is 4.84. The lowest BCUT2D eigenvalue weighted by Gasteiger charge is -2.35. The van der Waals surface area contributed by atoms with Gasteiger partial charge < -0.3 is 14.7 Å². The molecule has 4 heterocycles. The van der Waals surface area contributed by atoms with Crippen LogP contribution in [0.2, 0.25) is 0 Å². The molecule has 0 N–H and O–H groups in total. The number of hydrogen-bond acceptors (Lipinski definition) is 8. The monoisotopic (exact) mass is 379 g/mol. The Morgan fingerprint density at radius 2 is 1.57 bits per heavy atom. The molecule has 1 saturated heterocycles. The normalized spacial score (nSPS) is 14.4. The molecule has 146 valence electrons. The van der Waals surface area contributed by atoms with Gasteiger partial charge in [0, 0.05) is 52.2 Å². The molecule has 1 aliphatic heterocycles. The summed E-state index contributed by atoms with van der Waals surface area (Å²) in [5.41, 5.74) is 2.02. The van der Waals surface area contributed by atoms with E-state index in [9.17, 15) is 0 Å². The molecule has 9 nitrogen and oxygen atoms in total. The smallest absolute Gasteiger partial charge is 0.227 e. The second kappa shape index (κ2) is 7.41. The zero-order valence-electron chi connectivity index (χ0n) is 16.7. The Kier molecular flexibility index (Phi) is 4.81. The number of nitrogens with zero attached hydrogens (tertiary/aromatic N) is 9. The van der Waals surface area contributed by atoms with E-state index < -0.39 is 0 Å². The SMILES string of the molecule is Cc1cc(C)n(-c2ccc(N3CCN(c4nccc(N(C)C)n4)CC3)nn2)n1. The molecular weight excluding hydrogens is 354 g/mol. The zero-order valence-corrected chi connectivity index (χ0v) is 16.7. The standard InChI is InChI=1S/C19H25N9/c1-14-13-15(2)28(24-14)18-6-5-17(22-23-18)26-9-11-27(12-10-26)19-20-8-7-16(21-19)25(3)4/h5-8,13H,9-12H2,1-4H3. The predicted octanol–water partition coefficient (Wildman–Crippen LogP) is 1.46. The summed E-state index contributed by atoms with van der Waals surface area (Å²) in [5, 5.41) is 13.3. The summed E-state index contributed by atoms with van der Waals surface area (Å²) in [6.45, 7) is 7.38. The maximum absolute atomic E-state index is 4.63. The van der Waals surface area contributed by atoms with E-state index in [0.717, 1.165) is 61.0 Å². The highest BCUT2D eigenvalue weighted by Gasteiger charge is 2.21. The highest BCUT2D eigenvalue weighted by molar-refractivity contribution is 5.46. The molecule has 0 amide bonds. The Labute approximate surface area is 164 Å². The van der Waals surface area contributed by atoms with Crippen LogP contribution in [-0.2, 0) is 0 Å². The van der Waals surface area contributed by atoms with Crippen LogP contribution in [0.1, 0.15) is 11.4 Å². The Balaban J connectivity index is 1.42. The van der Waals surface area contributed by atoms with Crippen LogP contribution in [0.25, 0.3) is 5.82 Å². The van der Waals surface area contributed by atoms with E-state index in [1.165, 1.54) is 0 Å². The molecule has 0 bridgehead atoms. The summed E-state index contributed by atoms with van der Waals surface area (Å²) in [7, 11) is 3.97. The molecule has 3 aromatic rings. The molecule has 0 radical (unpaired) electrons. The van der Waals surface area contributed by atoms with Gasteiger partial charge in [0.15, 0.2) is 11.6 Å². The Morgan fingerprint density at radius 3 is 2.18 bits per heavy atom. The van der Waals surface area contributed by atoms with Gasteiger partial charge in [-0.1, -0.05) is 0 Å². The number of piperazine rings is 1. The molecule has 0 saturated carbocycles. The average Bonchev–Trinajstić information content (AvgIpc) is 3.06. The minimum atomic E-state index is 0.738. The van der Waals surface area contributed by atoms with Crippen LogP contribution < -0.4 is 14.7 Å².